The molecule has 29 heavy (non-hydrogen) atoms. The Kier molecular flexibility index (Phi) is 6.44. The van der Waals surface area contributed by atoms with E-state index < -0.39 is 17.7 Å². The van der Waals surface area contributed by atoms with Gasteiger partial charge in [0, 0.05) is 5.02 Å². The zero-order chi connectivity index (χ0) is 20.9. The molecule has 0 aliphatic rings. The number of hydrogen-bond donors (Lipinski definition) is 0. The van der Waals surface area contributed by atoms with Crippen molar-refractivity contribution in [1.29, 1.82) is 0 Å². The summed E-state index contributed by atoms with van der Waals surface area (Å²) < 4.78 is 49.3. The Morgan fingerprint density at radius 2 is 1.59 bits per heavy atom. The van der Waals surface area contributed by atoms with Crippen LogP contribution in [0.5, 0.6) is 5.75 Å². The van der Waals surface area contributed by atoms with E-state index in [2.05, 4.69) is 0 Å². The average Bonchev–Trinajstić information content (AvgIpc) is 2.71. The fourth-order valence-corrected chi connectivity index (χ4v) is 2.69. The first-order valence-electron chi connectivity index (χ1n) is 8.62. The van der Waals surface area contributed by atoms with Crippen molar-refractivity contribution in [2.24, 2.45) is 0 Å². The molecule has 0 N–H and O–H groups in total. The van der Waals surface area contributed by atoms with E-state index in [1.165, 1.54) is 18.2 Å². The van der Waals surface area contributed by atoms with E-state index in [1.54, 1.807) is 42.5 Å². The fraction of sp³-hybridized carbons (Fsp3) is 0.136. The Morgan fingerprint density at radius 3 is 2.31 bits per heavy atom. The van der Waals surface area contributed by atoms with Crippen LogP contribution in [0.15, 0.2) is 72.8 Å². The Morgan fingerprint density at radius 1 is 0.862 bits per heavy atom. The maximum absolute atomic E-state index is 12.8. The van der Waals surface area contributed by atoms with Crippen molar-refractivity contribution < 1.29 is 27.4 Å². The molecule has 0 aliphatic carbocycles. The van der Waals surface area contributed by atoms with E-state index in [0.717, 1.165) is 17.7 Å². The minimum absolute atomic E-state index is 0.188. The third-order valence-electron chi connectivity index (χ3n) is 4.04. The van der Waals surface area contributed by atoms with E-state index in [-0.39, 0.29) is 24.3 Å². The van der Waals surface area contributed by atoms with Crippen molar-refractivity contribution in [3.63, 3.8) is 0 Å². The zero-order valence-electron chi connectivity index (χ0n) is 15.1. The van der Waals surface area contributed by atoms with Crippen LogP contribution in [0, 0.1) is 0 Å². The first-order chi connectivity index (χ1) is 13.8. The summed E-state index contributed by atoms with van der Waals surface area (Å²) in [7, 11) is 0. The van der Waals surface area contributed by atoms with Crippen LogP contribution in [0.3, 0.4) is 0 Å². The molecule has 7 heteroatoms. The summed E-state index contributed by atoms with van der Waals surface area (Å²) in [5.41, 5.74) is 0.500. The second kappa shape index (κ2) is 9.01. The number of esters is 1. The molecular weight excluding hydrogens is 405 g/mol. The molecule has 0 aliphatic heterocycles. The summed E-state index contributed by atoms with van der Waals surface area (Å²) in [5, 5.41) is 0.604. The molecule has 0 spiro atoms. The van der Waals surface area contributed by atoms with E-state index in [9.17, 15) is 18.0 Å². The number of carbonyl (C=O) groups is 1. The van der Waals surface area contributed by atoms with Gasteiger partial charge >= 0.3 is 12.1 Å². The van der Waals surface area contributed by atoms with Gasteiger partial charge in [-0.1, -0.05) is 48.0 Å². The number of para-hydroxylation sites is 1. The molecule has 0 unspecified atom stereocenters. The third-order valence-corrected chi connectivity index (χ3v) is 4.29. The van der Waals surface area contributed by atoms with E-state index in [1.807, 2.05) is 0 Å². The van der Waals surface area contributed by atoms with Gasteiger partial charge in [-0.2, -0.15) is 13.2 Å². The Bertz CT molecular complexity index is 985. The van der Waals surface area contributed by atoms with Crippen LogP contribution in [-0.2, 0) is 24.1 Å². The second-order valence-corrected chi connectivity index (χ2v) is 6.62. The molecule has 0 heterocycles. The first kappa shape index (κ1) is 20.7. The minimum Gasteiger partial charge on any atom is -0.488 e. The van der Waals surface area contributed by atoms with Crippen LogP contribution < -0.4 is 4.74 Å². The van der Waals surface area contributed by atoms with Crippen molar-refractivity contribution in [2.75, 3.05) is 0 Å². The molecule has 0 aromatic heterocycles. The van der Waals surface area contributed by atoms with Gasteiger partial charge < -0.3 is 9.47 Å². The molecule has 0 radical (unpaired) electrons. The summed E-state index contributed by atoms with van der Waals surface area (Å²) in [5.74, 6) is -0.370. The summed E-state index contributed by atoms with van der Waals surface area (Å²) in [6.45, 7) is -0.0661. The molecule has 0 saturated heterocycles. The maximum atomic E-state index is 12.8. The van der Waals surface area contributed by atoms with Crippen LogP contribution in [0.2, 0.25) is 5.02 Å². The summed E-state index contributed by atoms with van der Waals surface area (Å²) in [6.07, 6.45) is -4.46. The number of alkyl halides is 3. The van der Waals surface area contributed by atoms with Gasteiger partial charge in [0.2, 0.25) is 0 Å². The lowest BCUT2D eigenvalue weighted by Crippen LogP contribution is -2.09. The van der Waals surface area contributed by atoms with Gasteiger partial charge in [-0.3, -0.25) is 0 Å². The fourth-order valence-electron chi connectivity index (χ4n) is 2.57. The standard InChI is InChI=1S/C22H16ClF3O3/c23-18-10-8-15(9-11-18)13-28-20-7-2-1-6-19(20)21(27)29-14-16-4-3-5-17(12-16)22(24,25)26/h1-12H,13-14H2. The predicted molar refractivity (Wildman–Crippen MR) is 103 cm³/mol. The van der Waals surface area contributed by atoms with Crippen LogP contribution in [0.1, 0.15) is 27.0 Å². The highest BCUT2D eigenvalue weighted by molar-refractivity contribution is 6.30. The van der Waals surface area contributed by atoms with Crippen molar-refractivity contribution >= 4 is 17.6 Å². The summed E-state index contributed by atoms with van der Waals surface area (Å²) in [6, 6.07) is 18.2. The summed E-state index contributed by atoms with van der Waals surface area (Å²) in [4.78, 5) is 12.4. The van der Waals surface area contributed by atoms with Crippen LogP contribution in [0.25, 0.3) is 0 Å². The Labute approximate surface area is 170 Å². The van der Waals surface area contributed by atoms with Crippen LogP contribution >= 0.6 is 11.6 Å². The largest absolute Gasteiger partial charge is 0.488 e. The quantitative estimate of drug-likeness (QED) is 0.439. The Balaban J connectivity index is 1.66. The van der Waals surface area contributed by atoms with E-state index in [4.69, 9.17) is 21.1 Å². The molecule has 150 valence electrons. The second-order valence-electron chi connectivity index (χ2n) is 6.19. The molecule has 0 fully saturated rings. The molecule has 0 saturated carbocycles. The lowest BCUT2D eigenvalue weighted by molar-refractivity contribution is -0.137. The normalized spacial score (nSPS) is 11.2. The van der Waals surface area contributed by atoms with Crippen molar-refractivity contribution in [2.45, 2.75) is 19.4 Å². The lowest BCUT2D eigenvalue weighted by atomic mass is 10.1. The highest BCUT2D eigenvalue weighted by atomic mass is 35.5. The predicted octanol–water partition coefficient (Wildman–Crippen LogP) is 6.29. The van der Waals surface area contributed by atoms with Crippen molar-refractivity contribution in [3.05, 3.63) is 100 Å². The molecule has 3 rings (SSSR count). The molecule has 3 nitrogen and oxygen atoms in total. The highest BCUT2D eigenvalue weighted by Gasteiger charge is 2.30. The lowest BCUT2D eigenvalue weighted by Gasteiger charge is -2.12. The number of rotatable bonds is 6. The zero-order valence-corrected chi connectivity index (χ0v) is 15.8. The van der Waals surface area contributed by atoms with Gasteiger partial charge in [0.1, 0.15) is 24.5 Å². The topological polar surface area (TPSA) is 35.5 Å². The van der Waals surface area contributed by atoms with Gasteiger partial charge in [0.15, 0.2) is 0 Å². The van der Waals surface area contributed by atoms with Gasteiger partial charge in [0.05, 0.1) is 5.56 Å². The number of hydrogen-bond acceptors (Lipinski definition) is 3. The minimum atomic E-state index is -4.46. The first-order valence-corrected chi connectivity index (χ1v) is 9.00. The molecule has 0 amide bonds. The SMILES string of the molecule is O=C(OCc1cccc(C(F)(F)F)c1)c1ccccc1OCc1ccc(Cl)cc1. The summed E-state index contributed by atoms with van der Waals surface area (Å²) >= 11 is 5.85. The number of carbonyl (C=O) groups excluding carboxylic acids is 1. The van der Waals surface area contributed by atoms with Crippen molar-refractivity contribution in [3.8, 4) is 5.75 Å². The van der Waals surface area contributed by atoms with Crippen molar-refractivity contribution in [1.82, 2.24) is 0 Å². The Hall–Kier alpha value is -2.99. The average molecular weight is 421 g/mol. The number of ether oxygens (including phenoxy) is 2. The molecule has 0 bridgehead atoms. The van der Waals surface area contributed by atoms with Gasteiger partial charge in [0.25, 0.3) is 0 Å². The van der Waals surface area contributed by atoms with Gasteiger partial charge in [-0.25, -0.2) is 4.79 Å². The molecular formula is C22H16ClF3O3. The molecule has 0 atom stereocenters. The molecule has 3 aromatic carbocycles. The maximum Gasteiger partial charge on any atom is 0.416 e. The monoisotopic (exact) mass is 420 g/mol. The smallest absolute Gasteiger partial charge is 0.416 e. The van der Waals surface area contributed by atoms with E-state index >= 15 is 0 Å². The van der Waals surface area contributed by atoms with Crippen LogP contribution in [-0.4, -0.2) is 5.97 Å². The highest BCUT2D eigenvalue weighted by Crippen LogP contribution is 2.30. The van der Waals surface area contributed by atoms with E-state index in [0.29, 0.717) is 10.8 Å². The van der Waals surface area contributed by atoms with Crippen LogP contribution in [0.4, 0.5) is 13.2 Å². The number of halogens is 4. The van der Waals surface area contributed by atoms with Gasteiger partial charge in [-0.05, 0) is 47.5 Å². The van der Waals surface area contributed by atoms with Gasteiger partial charge in [-0.15, -0.1) is 0 Å². The third kappa shape index (κ3) is 5.74. The number of benzene rings is 3. The molecule has 3 aromatic rings.